The number of carbonyl (C=O) groups excluding carboxylic acids is 2. The lowest BCUT2D eigenvalue weighted by Gasteiger charge is -2.09. The van der Waals surface area contributed by atoms with Gasteiger partial charge in [-0.2, -0.15) is 0 Å². The maximum atomic E-state index is 12.5. The predicted octanol–water partition coefficient (Wildman–Crippen LogP) is 4.41. The maximum absolute atomic E-state index is 12.5. The van der Waals surface area contributed by atoms with Gasteiger partial charge in [0.05, 0.1) is 10.6 Å². The first-order chi connectivity index (χ1) is 16.1. The molecular formula is C23H21N5O3S2. The van der Waals surface area contributed by atoms with Crippen LogP contribution in [0, 0.1) is 0 Å². The fraction of sp³-hybridized carbons (Fsp3) is 0.130. The summed E-state index contributed by atoms with van der Waals surface area (Å²) in [5, 5.41) is 13.8. The smallest absolute Gasteiger partial charge is 0.234 e. The molecule has 4 aromatic rings. The largest absolute Gasteiger partial charge is 0.457 e. The number of anilines is 1. The second-order valence-corrected chi connectivity index (χ2v) is 8.82. The van der Waals surface area contributed by atoms with Gasteiger partial charge in [-0.05, 0) is 47.8 Å². The second-order valence-electron chi connectivity index (χ2n) is 6.93. The average Bonchev–Trinajstić information content (AvgIpc) is 3.48. The molecule has 2 aromatic carbocycles. The van der Waals surface area contributed by atoms with Crippen molar-refractivity contribution in [2.75, 3.05) is 11.1 Å². The molecule has 0 spiro atoms. The number of nitrogens with one attached hydrogen (secondary N) is 1. The van der Waals surface area contributed by atoms with Crippen molar-refractivity contribution in [3.63, 3.8) is 0 Å². The number of para-hydroxylation sites is 1. The minimum Gasteiger partial charge on any atom is -0.457 e. The van der Waals surface area contributed by atoms with E-state index < -0.39 is 5.91 Å². The zero-order valence-corrected chi connectivity index (χ0v) is 19.1. The Morgan fingerprint density at radius 3 is 2.45 bits per heavy atom. The third-order valence-electron chi connectivity index (χ3n) is 4.49. The van der Waals surface area contributed by atoms with Crippen LogP contribution < -0.4 is 15.8 Å². The molecule has 2 aromatic heterocycles. The second kappa shape index (κ2) is 10.8. The average molecular weight is 480 g/mol. The number of hydrogen-bond acceptors (Lipinski definition) is 7. The van der Waals surface area contributed by atoms with Crippen molar-refractivity contribution >= 4 is 40.6 Å². The lowest BCUT2D eigenvalue weighted by molar-refractivity contribution is -0.118. The molecule has 2 amide bonds. The van der Waals surface area contributed by atoms with Crippen LogP contribution in [-0.4, -0.2) is 32.3 Å². The molecule has 0 saturated carbocycles. The standard InChI is InChI=1S/C23H21N5O3S2/c24-20(29)12-13-28-22(19-7-4-14-32-19)26-27-23(28)33-15-21(30)25-16-8-10-18(11-9-16)31-17-5-2-1-3-6-17/h1-11,14H,12-13,15H2,(H2,24,29)(H,25,30). The van der Waals surface area contributed by atoms with E-state index in [-0.39, 0.29) is 18.1 Å². The third-order valence-corrected chi connectivity index (χ3v) is 6.32. The van der Waals surface area contributed by atoms with E-state index in [2.05, 4.69) is 15.5 Å². The molecule has 0 saturated heterocycles. The fourth-order valence-corrected chi connectivity index (χ4v) is 4.45. The van der Waals surface area contributed by atoms with Crippen molar-refractivity contribution in [3.8, 4) is 22.2 Å². The quantitative estimate of drug-likeness (QED) is 0.326. The predicted molar refractivity (Wildman–Crippen MR) is 129 cm³/mol. The number of thioether (sulfide) groups is 1. The van der Waals surface area contributed by atoms with Crippen molar-refractivity contribution in [2.45, 2.75) is 18.1 Å². The number of benzene rings is 2. The Balaban J connectivity index is 1.36. The van der Waals surface area contributed by atoms with Crippen LogP contribution in [0.25, 0.3) is 10.7 Å². The van der Waals surface area contributed by atoms with Crippen LogP contribution in [0.3, 0.4) is 0 Å². The Morgan fingerprint density at radius 2 is 1.76 bits per heavy atom. The van der Waals surface area contributed by atoms with Gasteiger partial charge in [0.1, 0.15) is 11.5 Å². The molecular weight excluding hydrogens is 458 g/mol. The first-order valence-electron chi connectivity index (χ1n) is 10.1. The number of ether oxygens (including phenoxy) is 1. The number of primary amides is 1. The number of nitrogens with two attached hydrogens (primary N) is 1. The van der Waals surface area contributed by atoms with E-state index in [0.717, 1.165) is 10.6 Å². The zero-order chi connectivity index (χ0) is 23.0. The highest BCUT2D eigenvalue weighted by atomic mass is 32.2. The molecule has 0 aliphatic rings. The molecule has 2 heterocycles. The number of nitrogens with zero attached hydrogens (tertiary/aromatic N) is 3. The summed E-state index contributed by atoms with van der Waals surface area (Å²) in [5.74, 6) is 1.63. The zero-order valence-electron chi connectivity index (χ0n) is 17.5. The summed E-state index contributed by atoms with van der Waals surface area (Å²) in [6, 6.07) is 20.5. The van der Waals surface area contributed by atoms with Gasteiger partial charge in [-0.15, -0.1) is 21.5 Å². The fourth-order valence-electron chi connectivity index (χ4n) is 2.97. The molecule has 0 radical (unpaired) electrons. The number of rotatable bonds is 10. The van der Waals surface area contributed by atoms with Crippen LogP contribution in [0.5, 0.6) is 11.5 Å². The van der Waals surface area contributed by atoms with Crippen LogP contribution >= 0.6 is 23.1 Å². The van der Waals surface area contributed by atoms with Gasteiger partial charge in [0.2, 0.25) is 11.8 Å². The van der Waals surface area contributed by atoms with Crippen molar-refractivity contribution in [2.24, 2.45) is 5.73 Å². The van der Waals surface area contributed by atoms with Gasteiger partial charge < -0.3 is 20.4 Å². The molecule has 0 aliphatic heterocycles. The van der Waals surface area contributed by atoms with Gasteiger partial charge in [0.15, 0.2) is 11.0 Å². The summed E-state index contributed by atoms with van der Waals surface area (Å²) >= 11 is 2.78. The Labute approximate surface area is 198 Å². The Morgan fingerprint density at radius 1 is 1.00 bits per heavy atom. The minimum absolute atomic E-state index is 0.140. The maximum Gasteiger partial charge on any atom is 0.234 e. The Hall–Kier alpha value is -3.63. The summed E-state index contributed by atoms with van der Waals surface area (Å²) in [7, 11) is 0. The van der Waals surface area contributed by atoms with Crippen LogP contribution in [0.4, 0.5) is 5.69 Å². The SMILES string of the molecule is NC(=O)CCn1c(SCC(=O)Nc2ccc(Oc3ccccc3)cc2)nnc1-c1cccs1. The molecule has 4 rings (SSSR count). The van der Waals surface area contributed by atoms with E-state index in [9.17, 15) is 9.59 Å². The number of hydrogen-bond donors (Lipinski definition) is 2. The highest BCUT2D eigenvalue weighted by Gasteiger charge is 2.17. The van der Waals surface area contributed by atoms with E-state index in [1.165, 1.54) is 23.1 Å². The molecule has 0 fully saturated rings. The van der Waals surface area contributed by atoms with Gasteiger partial charge in [0.25, 0.3) is 0 Å². The molecule has 168 valence electrons. The van der Waals surface area contributed by atoms with Crippen molar-refractivity contribution in [3.05, 3.63) is 72.1 Å². The van der Waals surface area contributed by atoms with Gasteiger partial charge in [-0.3, -0.25) is 9.59 Å². The lowest BCUT2D eigenvalue weighted by atomic mass is 10.3. The molecule has 0 atom stereocenters. The number of carbonyl (C=O) groups is 2. The summed E-state index contributed by atoms with van der Waals surface area (Å²) < 4.78 is 7.59. The van der Waals surface area contributed by atoms with E-state index in [0.29, 0.717) is 29.0 Å². The van der Waals surface area contributed by atoms with Gasteiger partial charge >= 0.3 is 0 Å². The molecule has 10 heteroatoms. The molecule has 3 N–H and O–H groups in total. The van der Waals surface area contributed by atoms with Gasteiger partial charge in [-0.25, -0.2) is 0 Å². The van der Waals surface area contributed by atoms with Crippen LogP contribution in [-0.2, 0) is 16.1 Å². The Kier molecular flexibility index (Phi) is 7.38. The van der Waals surface area contributed by atoms with Crippen molar-refractivity contribution < 1.29 is 14.3 Å². The van der Waals surface area contributed by atoms with E-state index in [1.807, 2.05) is 52.4 Å². The van der Waals surface area contributed by atoms with E-state index in [1.54, 1.807) is 24.3 Å². The molecule has 0 aliphatic carbocycles. The summed E-state index contributed by atoms with van der Waals surface area (Å²) in [5.41, 5.74) is 5.98. The molecule has 8 nitrogen and oxygen atoms in total. The number of thiophene rings is 1. The van der Waals surface area contributed by atoms with Crippen LogP contribution in [0.1, 0.15) is 6.42 Å². The summed E-state index contributed by atoms with van der Waals surface area (Å²) in [6.45, 7) is 0.350. The van der Waals surface area contributed by atoms with Gasteiger partial charge in [0, 0.05) is 18.7 Å². The molecule has 33 heavy (non-hydrogen) atoms. The minimum atomic E-state index is -0.408. The van der Waals surface area contributed by atoms with Crippen molar-refractivity contribution in [1.29, 1.82) is 0 Å². The van der Waals surface area contributed by atoms with Crippen LogP contribution in [0.2, 0.25) is 0 Å². The third kappa shape index (κ3) is 6.21. The first-order valence-corrected chi connectivity index (χ1v) is 12.0. The molecule has 0 unspecified atom stereocenters. The lowest BCUT2D eigenvalue weighted by Crippen LogP contribution is -2.16. The number of amides is 2. The summed E-state index contributed by atoms with van der Waals surface area (Å²) in [6.07, 6.45) is 0.160. The molecule has 0 bridgehead atoms. The van der Waals surface area contributed by atoms with Gasteiger partial charge in [-0.1, -0.05) is 36.0 Å². The normalized spacial score (nSPS) is 10.7. The first kappa shape index (κ1) is 22.6. The van der Waals surface area contributed by atoms with E-state index in [4.69, 9.17) is 10.5 Å². The number of aromatic nitrogens is 3. The highest BCUT2D eigenvalue weighted by Crippen LogP contribution is 2.28. The Bertz CT molecular complexity index is 1210. The summed E-state index contributed by atoms with van der Waals surface area (Å²) in [4.78, 5) is 24.7. The van der Waals surface area contributed by atoms with E-state index >= 15 is 0 Å². The monoisotopic (exact) mass is 479 g/mol. The van der Waals surface area contributed by atoms with Crippen molar-refractivity contribution in [1.82, 2.24) is 14.8 Å². The van der Waals surface area contributed by atoms with Crippen LogP contribution in [0.15, 0.2) is 77.3 Å². The topological polar surface area (TPSA) is 112 Å². The highest BCUT2D eigenvalue weighted by molar-refractivity contribution is 7.99.